The molecule has 1 amide bonds. The number of nitrogens with zero attached hydrogens (tertiary/aromatic N) is 2. The molecule has 1 rings (SSSR count). The lowest BCUT2D eigenvalue weighted by molar-refractivity contribution is 0.0827. The van der Waals surface area contributed by atoms with Crippen molar-refractivity contribution in [2.45, 2.75) is 31.9 Å². The predicted molar refractivity (Wildman–Crippen MR) is 111 cm³/mol. The van der Waals surface area contributed by atoms with E-state index in [1.807, 2.05) is 25.1 Å². The van der Waals surface area contributed by atoms with Crippen LogP contribution in [0.4, 0.5) is 0 Å². The van der Waals surface area contributed by atoms with Crippen LogP contribution >= 0.6 is 0 Å². The van der Waals surface area contributed by atoms with Crippen LogP contribution in [0.1, 0.15) is 36.7 Å². The average molecular weight is 397 g/mol. The molecule has 0 radical (unpaired) electrons. The second-order valence-electron chi connectivity index (χ2n) is 7.30. The molecule has 0 bridgehead atoms. The maximum absolute atomic E-state index is 12.1. The van der Waals surface area contributed by atoms with Crippen molar-refractivity contribution < 1.29 is 13.2 Å². The Bertz CT molecular complexity index is 771. The zero-order valence-corrected chi connectivity index (χ0v) is 18.0. The van der Waals surface area contributed by atoms with Gasteiger partial charge in [0.05, 0.1) is 11.3 Å². The molecule has 0 saturated heterocycles. The van der Waals surface area contributed by atoms with Crippen LogP contribution in [0.25, 0.3) is 0 Å². The van der Waals surface area contributed by atoms with Crippen LogP contribution < -0.4 is 10.6 Å². The third kappa shape index (κ3) is 7.21. The Kier molecular flexibility index (Phi) is 8.27. The summed E-state index contributed by atoms with van der Waals surface area (Å²) in [5, 5.41) is 6.33. The van der Waals surface area contributed by atoms with E-state index in [0.29, 0.717) is 31.0 Å². The molecule has 2 N–H and O–H groups in total. The molecule has 0 atom stereocenters. The Morgan fingerprint density at radius 1 is 1.22 bits per heavy atom. The molecule has 0 fully saturated rings. The van der Waals surface area contributed by atoms with Crippen molar-refractivity contribution in [1.82, 2.24) is 15.5 Å². The SMILES string of the molecule is CCNC(=NCC(C)(C)S(C)(=O)=O)NCCc1cccc(C(=O)N(C)C)c1. The van der Waals surface area contributed by atoms with Crippen molar-refractivity contribution in [2.75, 3.05) is 40.0 Å². The molecule has 0 aliphatic carbocycles. The smallest absolute Gasteiger partial charge is 0.253 e. The fourth-order valence-corrected chi connectivity index (χ4v) is 2.47. The van der Waals surface area contributed by atoms with Gasteiger partial charge in [-0.15, -0.1) is 0 Å². The van der Waals surface area contributed by atoms with Crippen LogP contribution in [0, 0.1) is 0 Å². The molecule has 0 spiro atoms. The Balaban J connectivity index is 2.72. The highest BCUT2D eigenvalue weighted by molar-refractivity contribution is 7.92. The van der Waals surface area contributed by atoms with Gasteiger partial charge in [0.2, 0.25) is 0 Å². The fraction of sp³-hybridized carbons (Fsp3) is 0.579. The number of aliphatic imine (C=N–C) groups is 1. The number of hydrogen-bond donors (Lipinski definition) is 2. The summed E-state index contributed by atoms with van der Waals surface area (Å²) in [7, 11) is 0.265. The lowest BCUT2D eigenvalue weighted by Crippen LogP contribution is -2.41. The number of benzene rings is 1. The number of carbonyl (C=O) groups excluding carboxylic acids is 1. The van der Waals surface area contributed by atoms with Crippen molar-refractivity contribution in [3.05, 3.63) is 35.4 Å². The number of sulfone groups is 1. The number of hydrogen-bond acceptors (Lipinski definition) is 4. The second kappa shape index (κ2) is 9.73. The summed E-state index contributed by atoms with van der Waals surface area (Å²) in [6, 6.07) is 7.55. The van der Waals surface area contributed by atoms with Gasteiger partial charge in [-0.1, -0.05) is 12.1 Å². The van der Waals surface area contributed by atoms with Gasteiger partial charge in [0.15, 0.2) is 15.8 Å². The average Bonchev–Trinajstić information content (AvgIpc) is 2.58. The summed E-state index contributed by atoms with van der Waals surface area (Å²) in [4.78, 5) is 18.0. The first-order chi connectivity index (χ1) is 12.5. The first kappa shape index (κ1) is 23.0. The number of nitrogens with one attached hydrogen (secondary N) is 2. The van der Waals surface area contributed by atoms with E-state index in [9.17, 15) is 13.2 Å². The molecule has 27 heavy (non-hydrogen) atoms. The Morgan fingerprint density at radius 3 is 2.44 bits per heavy atom. The third-order valence-corrected chi connectivity index (χ3v) is 6.39. The van der Waals surface area contributed by atoms with Crippen LogP contribution in [0.5, 0.6) is 0 Å². The van der Waals surface area contributed by atoms with E-state index in [0.717, 1.165) is 5.56 Å². The predicted octanol–water partition coefficient (Wildman–Crippen LogP) is 1.31. The normalized spacial score (nSPS) is 12.6. The van der Waals surface area contributed by atoms with Crippen LogP contribution in [0.3, 0.4) is 0 Å². The van der Waals surface area contributed by atoms with E-state index in [1.54, 1.807) is 38.9 Å². The Hall–Kier alpha value is -2.09. The van der Waals surface area contributed by atoms with Crippen molar-refractivity contribution >= 4 is 21.7 Å². The van der Waals surface area contributed by atoms with Gasteiger partial charge in [-0.2, -0.15) is 0 Å². The van der Waals surface area contributed by atoms with Gasteiger partial charge in [0, 0.05) is 39.0 Å². The molecule has 0 unspecified atom stereocenters. The summed E-state index contributed by atoms with van der Waals surface area (Å²) >= 11 is 0. The molecular weight excluding hydrogens is 364 g/mol. The van der Waals surface area contributed by atoms with Crippen molar-refractivity contribution in [1.29, 1.82) is 0 Å². The summed E-state index contributed by atoms with van der Waals surface area (Å²) in [6.45, 7) is 6.76. The Morgan fingerprint density at radius 2 is 1.89 bits per heavy atom. The van der Waals surface area contributed by atoms with Crippen molar-refractivity contribution in [3.8, 4) is 0 Å². The quantitative estimate of drug-likeness (QED) is 0.511. The fourth-order valence-electron chi connectivity index (χ4n) is 2.17. The largest absolute Gasteiger partial charge is 0.357 e. The van der Waals surface area contributed by atoms with Crippen LogP contribution in [-0.2, 0) is 16.3 Å². The molecule has 1 aromatic rings. The van der Waals surface area contributed by atoms with Gasteiger partial charge in [-0.25, -0.2) is 8.42 Å². The lowest BCUT2D eigenvalue weighted by Gasteiger charge is -2.21. The Labute approximate surface area is 163 Å². The van der Waals surface area contributed by atoms with Crippen LogP contribution in [-0.4, -0.2) is 69.9 Å². The number of amides is 1. The molecular formula is C19H32N4O3S. The zero-order chi connectivity index (χ0) is 20.7. The minimum Gasteiger partial charge on any atom is -0.357 e. The maximum atomic E-state index is 12.1. The molecule has 0 aliphatic heterocycles. The summed E-state index contributed by atoms with van der Waals surface area (Å²) < 4.78 is 22.7. The summed E-state index contributed by atoms with van der Waals surface area (Å²) in [6.07, 6.45) is 1.94. The van der Waals surface area contributed by atoms with E-state index in [2.05, 4.69) is 15.6 Å². The van der Waals surface area contributed by atoms with Gasteiger partial charge in [-0.05, 0) is 44.9 Å². The van der Waals surface area contributed by atoms with E-state index < -0.39 is 14.6 Å². The van der Waals surface area contributed by atoms with E-state index in [4.69, 9.17) is 0 Å². The maximum Gasteiger partial charge on any atom is 0.253 e. The van der Waals surface area contributed by atoms with Crippen molar-refractivity contribution in [3.63, 3.8) is 0 Å². The molecule has 0 heterocycles. The van der Waals surface area contributed by atoms with Crippen molar-refractivity contribution in [2.24, 2.45) is 4.99 Å². The van der Waals surface area contributed by atoms with Gasteiger partial charge < -0.3 is 15.5 Å². The van der Waals surface area contributed by atoms with Gasteiger partial charge in [0.1, 0.15) is 0 Å². The summed E-state index contributed by atoms with van der Waals surface area (Å²) in [5.41, 5.74) is 1.70. The molecule has 7 nitrogen and oxygen atoms in total. The first-order valence-electron chi connectivity index (χ1n) is 9.00. The highest BCUT2D eigenvalue weighted by atomic mass is 32.2. The molecule has 0 saturated carbocycles. The molecule has 0 aromatic heterocycles. The van der Waals surface area contributed by atoms with E-state index >= 15 is 0 Å². The molecule has 152 valence electrons. The van der Waals surface area contributed by atoms with E-state index in [-0.39, 0.29) is 12.5 Å². The standard InChI is InChI=1S/C19H32N4O3S/c1-7-20-18(22-14-19(2,3)27(6,25)26)21-12-11-15-9-8-10-16(13-15)17(24)23(4)5/h8-10,13H,7,11-12,14H2,1-6H3,(H2,20,21,22). The second-order valence-corrected chi connectivity index (χ2v) is 9.95. The molecule has 0 aliphatic rings. The lowest BCUT2D eigenvalue weighted by atomic mass is 10.1. The highest BCUT2D eigenvalue weighted by Crippen LogP contribution is 2.15. The van der Waals surface area contributed by atoms with Gasteiger partial charge in [0.25, 0.3) is 5.91 Å². The third-order valence-electron chi connectivity index (χ3n) is 4.25. The topological polar surface area (TPSA) is 90.9 Å². The summed E-state index contributed by atoms with van der Waals surface area (Å²) in [5.74, 6) is 0.553. The van der Waals surface area contributed by atoms with E-state index in [1.165, 1.54) is 6.26 Å². The first-order valence-corrected chi connectivity index (χ1v) is 10.9. The van der Waals surface area contributed by atoms with Gasteiger partial charge in [-0.3, -0.25) is 9.79 Å². The monoisotopic (exact) mass is 396 g/mol. The van der Waals surface area contributed by atoms with Crippen LogP contribution in [0.2, 0.25) is 0 Å². The highest BCUT2D eigenvalue weighted by Gasteiger charge is 2.29. The number of rotatable bonds is 8. The van der Waals surface area contributed by atoms with Gasteiger partial charge >= 0.3 is 0 Å². The number of guanidine groups is 1. The molecule has 1 aromatic carbocycles. The number of carbonyl (C=O) groups is 1. The van der Waals surface area contributed by atoms with Crippen LogP contribution in [0.15, 0.2) is 29.3 Å². The molecule has 8 heteroatoms. The minimum atomic E-state index is -3.20. The minimum absolute atomic E-state index is 0.0253. The zero-order valence-electron chi connectivity index (χ0n) is 17.2.